The smallest absolute Gasteiger partial charge is 0.223 e. The fourth-order valence-corrected chi connectivity index (χ4v) is 2.85. The lowest BCUT2D eigenvalue weighted by Crippen LogP contribution is -2.29. The number of hydrogen-bond donors (Lipinski definition) is 0. The van der Waals surface area contributed by atoms with E-state index in [4.69, 9.17) is 4.42 Å². The number of nitrogens with zero attached hydrogens (tertiary/aromatic N) is 2. The van der Waals surface area contributed by atoms with Crippen molar-refractivity contribution in [2.75, 3.05) is 7.05 Å². The summed E-state index contributed by atoms with van der Waals surface area (Å²) in [6.45, 7) is 3.95. The van der Waals surface area contributed by atoms with Crippen LogP contribution in [0.2, 0.25) is 0 Å². The number of aryl methyl sites for hydroxylation is 2. The van der Waals surface area contributed by atoms with E-state index < -0.39 is 0 Å². The lowest BCUT2D eigenvalue weighted by atomic mass is 10.1. The van der Waals surface area contributed by atoms with Gasteiger partial charge in [0.1, 0.15) is 5.82 Å². The molecule has 1 atom stereocenters. The quantitative estimate of drug-likeness (QED) is 0.621. The summed E-state index contributed by atoms with van der Waals surface area (Å²) in [7, 11) is 1.75. The summed E-state index contributed by atoms with van der Waals surface area (Å²) in [6, 6.07) is 14.1. The van der Waals surface area contributed by atoms with Crippen molar-refractivity contribution in [3.8, 4) is 11.3 Å². The number of rotatable bonds is 6. The molecule has 0 fully saturated rings. The lowest BCUT2D eigenvalue weighted by Gasteiger charge is -2.25. The summed E-state index contributed by atoms with van der Waals surface area (Å²) in [5, 5.41) is 0. The highest BCUT2D eigenvalue weighted by Gasteiger charge is 2.18. The first-order valence-electron chi connectivity index (χ1n) is 8.97. The molecular weight excluding hydrogens is 343 g/mol. The summed E-state index contributed by atoms with van der Waals surface area (Å²) >= 11 is 0. The SMILES string of the molecule is Cc1ccc(-c2cnc(CCC(=O)N(C)C(C)c3ccc(F)cc3)o2)cc1. The zero-order valence-corrected chi connectivity index (χ0v) is 15.8. The molecule has 2 aromatic carbocycles. The van der Waals surface area contributed by atoms with Gasteiger partial charge in [0.15, 0.2) is 11.7 Å². The average Bonchev–Trinajstić information content (AvgIpc) is 3.15. The monoisotopic (exact) mass is 366 g/mol. The molecular formula is C22H23FN2O2. The van der Waals surface area contributed by atoms with Crippen LogP contribution < -0.4 is 0 Å². The molecule has 3 rings (SSSR count). The molecule has 0 aliphatic heterocycles. The highest BCUT2D eigenvalue weighted by Crippen LogP contribution is 2.23. The number of aromatic nitrogens is 1. The van der Waals surface area contributed by atoms with Crippen molar-refractivity contribution in [1.29, 1.82) is 0 Å². The fourth-order valence-electron chi connectivity index (χ4n) is 2.85. The second-order valence-electron chi connectivity index (χ2n) is 6.72. The van der Waals surface area contributed by atoms with E-state index in [0.717, 1.165) is 11.1 Å². The summed E-state index contributed by atoms with van der Waals surface area (Å²) in [5.41, 5.74) is 3.04. The van der Waals surface area contributed by atoms with Crippen LogP contribution in [0.3, 0.4) is 0 Å². The first-order valence-corrected chi connectivity index (χ1v) is 8.97. The van der Waals surface area contributed by atoms with Crippen LogP contribution in [0.1, 0.15) is 36.4 Å². The lowest BCUT2D eigenvalue weighted by molar-refractivity contribution is -0.131. The van der Waals surface area contributed by atoms with E-state index in [1.807, 2.05) is 38.1 Å². The van der Waals surface area contributed by atoms with Gasteiger partial charge in [0.2, 0.25) is 5.91 Å². The molecule has 0 bridgehead atoms. The first kappa shape index (κ1) is 18.8. The van der Waals surface area contributed by atoms with Gasteiger partial charge in [-0.15, -0.1) is 0 Å². The van der Waals surface area contributed by atoms with Gasteiger partial charge in [-0.05, 0) is 31.5 Å². The van der Waals surface area contributed by atoms with Gasteiger partial charge in [0.05, 0.1) is 12.2 Å². The number of carbonyl (C=O) groups excluding carboxylic acids is 1. The van der Waals surface area contributed by atoms with Crippen LogP contribution in [-0.4, -0.2) is 22.8 Å². The van der Waals surface area contributed by atoms with Crippen molar-refractivity contribution >= 4 is 5.91 Å². The van der Waals surface area contributed by atoms with E-state index in [-0.39, 0.29) is 17.8 Å². The molecule has 1 amide bonds. The summed E-state index contributed by atoms with van der Waals surface area (Å²) in [6.07, 6.45) is 2.43. The van der Waals surface area contributed by atoms with Gasteiger partial charge >= 0.3 is 0 Å². The maximum Gasteiger partial charge on any atom is 0.223 e. The van der Waals surface area contributed by atoms with Crippen LogP contribution in [0, 0.1) is 12.7 Å². The van der Waals surface area contributed by atoms with Crippen LogP contribution >= 0.6 is 0 Å². The van der Waals surface area contributed by atoms with Crippen LogP contribution in [-0.2, 0) is 11.2 Å². The van der Waals surface area contributed by atoms with Crippen molar-refractivity contribution in [3.63, 3.8) is 0 Å². The molecule has 3 aromatic rings. The Morgan fingerprint density at radius 2 is 1.81 bits per heavy atom. The van der Waals surface area contributed by atoms with Gasteiger partial charge in [-0.2, -0.15) is 0 Å². The molecule has 0 N–H and O–H groups in total. The molecule has 4 nitrogen and oxygen atoms in total. The third kappa shape index (κ3) is 4.61. The normalized spacial score (nSPS) is 12.0. The van der Waals surface area contributed by atoms with Gasteiger partial charge in [-0.3, -0.25) is 4.79 Å². The van der Waals surface area contributed by atoms with Gasteiger partial charge in [0.25, 0.3) is 0 Å². The van der Waals surface area contributed by atoms with E-state index in [1.165, 1.54) is 17.7 Å². The van der Waals surface area contributed by atoms with Gasteiger partial charge in [0, 0.05) is 25.5 Å². The third-order valence-corrected chi connectivity index (χ3v) is 4.77. The van der Waals surface area contributed by atoms with Crippen LogP contribution in [0.15, 0.2) is 59.1 Å². The number of hydrogen-bond acceptors (Lipinski definition) is 3. The van der Waals surface area contributed by atoms with Gasteiger partial charge in [-0.1, -0.05) is 42.0 Å². The molecule has 0 radical (unpaired) electrons. The number of amides is 1. The minimum atomic E-state index is -0.284. The molecule has 27 heavy (non-hydrogen) atoms. The first-order chi connectivity index (χ1) is 12.9. The van der Waals surface area contributed by atoms with Crippen molar-refractivity contribution in [2.45, 2.75) is 32.7 Å². The van der Waals surface area contributed by atoms with Crippen LogP contribution in [0.4, 0.5) is 4.39 Å². The highest BCUT2D eigenvalue weighted by atomic mass is 19.1. The standard InChI is InChI=1S/C22H23FN2O2/c1-15-4-6-18(7-5-15)20-14-24-21(27-20)12-13-22(26)25(3)16(2)17-8-10-19(23)11-9-17/h4-11,14,16H,12-13H2,1-3H3. The van der Waals surface area contributed by atoms with E-state index in [1.54, 1.807) is 30.3 Å². The molecule has 1 unspecified atom stereocenters. The number of halogens is 1. The van der Waals surface area contributed by atoms with Crippen molar-refractivity contribution in [1.82, 2.24) is 9.88 Å². The van der Waals surface area contributed by atoms with Crippen molar-refractivity contribution in [2.24, 2.45) is 0 Å². The average molecular weight is 366 g/mol. The summed E-state index contributed by atoms with van der Waals surface area (Å²) in [4.78, 5) is 18.4. The molecule has 0 aliphatic rings. The molecule has 140 valence electrons. The predicted octanol–water partition coefficient (Wildman–Crippen LogP) is 4.94. The van der Waals surface area contributed by atoms with Crippen LogP contribution in [0.5, 0.6) is 0 Å². The van der Waals surface area contributed by atoms with Crippen LogP contribution in [0.25, 0.3) is 11.3 Å². The number of carbonyl (C=O) groups is 1. The number of benzene rings is 2. The Hall–Kier alpha value is -2.95. The number of oxazole rings is 1. The molecule has 1 heterocycles. The summed E-state index contributed by atoms with van der Waals surface area (Å²) < 4.78 is 18.8. The third-order valence-electron chi connectivity index (χ3n) is 4.77. The largest absolute Gasteiger partial charge is 0.441 e. The van der Waals surface area contributed by atoms with Crippen molar-refractivity contribution in [3.05, 3.63) is 77.6 Å². The predicted molar refractivity (Wildman–Crippen MR) is 103 cm³/mol. The molecule has 1 aromatic heterocycles. The maximum absolute atomic E-state index is 13.1. The molecule has 0 aliphatic carbocycles. The molecule has 0 saturated carbocycles. The molecule has 0 spiro atoms. The van der Waals surface area contributed by atoms with E-state index in [2.05, 4.69) is 4.98 Å². The van der Waals surface area contributed by atoms with E-state index >= 15 is 0 Å². The van der Waals surface area contributed by atoms with Gasteiger partial charge in [-0.25, -0.2) is 9.37 Å². The second-order valence-corrected chi connectivity index (χ2v) is 6.72. The Labute approximate surface area is 158 Å². The zero-order chi connectivity index (χ0) is 19.4. The Kier molecular flexibility index (Phi) is 5.69. The van der Waals surface area contributed by atoms with Gasteiger partial charge < -0.3 is 9.32 Å². The Morgan fingerprint density at radius 3 is 2.48 bits per heavy atom. The fraction of sp³-hybridized carbons (Fsp3) is 0.273. The van der Waals surface area contributed by atoms with Crippen molar-refractivity contribution < 1.29 is 13.6 Å². The summed E-state index contributed by atoms with van der Waals surface area (Å²) in [5.74, 6) is 0.947. The molecule has 0 saturated heterocycles. The minimum Gasteiger partial charge on any atom is -0.441 e. The zero-order valence-electron chi connectivity index (χ0n) is 15.8. The Balaban J connectivity index is 1.58. The topological polar surface area (TPSA) is 46.3 Å². The Morgan fingerprint density at radius 1 is 1.15 bits per heavy atom. The second kappa shape index (κ2) is 8.16. The minimum absolute atomic E-state index is 0.0121. The maximum atomic E-state index is 13.1. The Bertz CT molecular complexity index is 901. The molecule has 5 heteroatoms. The highest BCUT2D eigenvalue weighted by molar-refractivity contribution is 5.76. The van der Waals surface area contributed by atoms with E-state index in [9.17, 15) is 9.18 Å². The van der Waals surface area contributed by atoms with E-state index in [0.29, 0.717) is 24.5 Å².